The van der Waals surface area contributed by atoms with E-state index in [9.17, 15) is 9.59 Å². The van der Waals surface area contributed by atoms with Crippen LogP contribution in [-0.2, 0) is 9.53 Å². The van der Waals surface area contributed by atoms with Crippen molar-refractivity contribution in [2.75, 3.05) is 7.11 Å². The Labute approximate surface area is 129 Å². The van der Waals surface area contributed by atoms with Crippen LogP contribution < -0.4 is 5.32 Å². The molecule has 1 amide bonds. The van der Waals surface area contributed by atoms with Gasteiger partial charge >= 0.3 is 5.97 Å². The van der Waals surface area contributed by atoms with E-state index in [1.807, 2.05) is 44.2 Å². The van der Waals surface area contributed by atoms with E-state index < -0.39 is 17.9 Å². The van der Waals surface area contributed by atoms with Gasteiger partial charge < -0.3 is 10.1 Å². The van der Waals surface area contributed by atoms with Gasteiger partial charge in [-0.05, 0) is 24.1 Å². The third-order valence-corrected chi connectivity index (χ3v) is 3.25. The van der Waals surface area contributed by atoms with Gasteiger partial charge in [0.1, 0.15) is 6.04 Å². The van der Waals surface area contributed by atoms with Crippen molar-refractivity contribution in [2.24, 2.45) is 5.92 Å². The fraction of sp³-hybridized carbons (Fsp3) is 0.312. The third kappa shape index (κ3) is 3.52. The van der Waals surface area contributed by atoms with Crippen LogP contribution in [0.4, 0.5) is 0 Å². The maximum atomic E-state index is 12.2. The van der Waals surface area contributed by atoms with Crippen molar-refractivity contribution >= 4 is 11.9 Å². The monoisotopic (exact) mass is 301 g/mol. The molecule has 0 spiro atoms. The molecule has 0 saturated carbocycles. The minimum atomic E-state index is -0.695. The Morgan fingerprint density at radius 2 is 1.86 bits per heavy atom. The third-order valence-electron chi connectivity index (χ3n) is 3.25. The number of esters is 1. The lowest BCUT2D eigenvalue weighted by Gasteiger charge is -2.19. The Balaban J connectivity index is 2.13. The van der Waals surface area contributed by atoms with Crippen LogP contribution in [-0.4, -0.2) is 34.8 Å². The van der Waals surface area contributed by atoms with E-state index in [0.717, 1.165) is 5.69 Å². The van der Waals surface area contributed by atoms with Gasteiger partial charge in [0.2, 0.25) is 0 Å². The van der Waals surface area contributed by atoms with Crippen LogP contribution in [0.2, 0.25) is 0 Å². The molecule has 1 unspecified atom stereocenters. The predicted octanol–water partition coefficient (Wildman–Crippen LogP) is 1.80. The van der Waals surface area contributed by atoms with Crippen molar-refractivity contribution in [1.29, 1.82) is 0 Å². The quantitative estimate of drug-likeness (QED) is 0.855. The summed E-state index contributed by atoms with van der Waals surface area (Å²) in [5.74, 6) is -0.947. The molecule has 1 atom stereocenters. The summed E-state index contributed by atoms with van der Waals surface area (Å²) in [6.45, 7) is 3.68. The molecule has 0 aliphatic heterocycles. The number of nitrogens with one attached hydrogen (secondary N) is 1. The fourth-order valence-electron chi connectivity index (χ4n) is 2.01. The molecule has 0 fully saturated rings. The van der Waals surface area contributed by atoms with Gasteiger partial charge in [-0.3, -0.25) is 4.79 Å². The summed E-state index contributed by atoms with van der Waals surface area (Å²) in [6, 6.07) is 10.4. The molecule has 0 saturated heterocycles. The first-order valence-corrected chi connectivity index (χ1v) is 7.02. The normalized spacial score (nSPS) is 12.0. The van der Waals surface area contributed by atoms with Crippen LogP contribution in [0.25, 0.3) is 5.69 Å². The standard InChI is InChI=1S/C16H19N3O3/c1-11(2)14(16(21)22-3)17-15(20)13-9-10-19(18-13)12-7-5-4-6-8-12/h4-11,14H,1-3H3,(H,17,20). The number of carbonyl (C=O) groups is 2. The summed E-state index contributed by atoms with van der Waals surface area (Å²) in [7, 11) is 1.30. The van der Waals surface area contributed by atoms with Gasteiger partial charge in [-0.2, -0.15) is 5.10 Å². The van der Waals surface area contributed by atoms with E-state index in [2.05, 4.69) is 10.4 Å². The van der Waals surface area contributed by atoms with Crippen LogP contribution in [0.15, 0.2) is 42.6 Å². The van der Waals surface area contributed by atoms with Crippen molar-refractivity contribution in [1.82, 2.24) is 15.1 Å². The smallest absolute Gasteiger partial charge is 0.328 e. The number of nitrogens with zero attached hydrogens (tertiary/aromatic N) is 2. The molecule has 2 rings (SSSR count). The van der Waals surface area contributed by atoms with Crippen molar-refractivity contribution in [3.63, 3.8) is 0 Å². The number of para-hydroxylation sites is 1. The molecule has 0 aliphatic rings. The topological polar surface area (TPSA) is 73.2 Å². The van der Waals surface area contributed by atoms with Gasteiger partial charge in [0.25, 0.3) is 5.91 Å². The SMILES string of the molecule is COC(=O)C(NC(=O)c1ccn(-c2ccccc2)n1)C(C)C. The molecule has 2 aromatic rings. The molecule has 0 bridgehead atoms. The summed E-state index contributed by atoms with van der Waals surface area (Å²) in [5.41, 5.74) is 1.10. The van der Waals surface area contributed by atoms with Crippen LogP contribution in [0.1, 0.15) is 24.3 Å². The second-order valence-corrected chi connectivity index (χ2v) is 5.20. The van der Waals surface area contributed by atoms with Gasteiger partial charge in [-0.25, -0.2) is 9.48 Å². The highest BCUT2D eigenvalue weighted by atomic mass is 16.5. The number of methoxy groups -OCH3 is 1. The Bertz CT molecular complexity index is 650. The van der Waals surface area contributed by atoms with Gasteiger partial charge in [-0.15, -0.1) is 0 Å². The summed E-state index contributed by atoms with van der Waals surface area (Å²) < 4.78 is 6.31. The zero-order valence-electron chi connectivity index (χ0n) is 12.8. The summed E-state index contributed by atoms with van der Waals surface area (Å²) in [5, 5.41) is 6.89. The van der Waals surface area contributed by atoms with E-state index >= 15 is 0 Å². The Kier molecular flexibility index (Phi) is 4.93. The minimum Gasteiger partial charge on any atom is -0.467 e. The van der Waals surface area contributed by atoms with E-state index in [1.165, 1.54) is 7.11 Å². The first-order valence-electron chi connectivity index (χ1n) is 7.02. The Morgan fingerprint density at radius 3 is 2.45 bits per heavy atom. The first kappa shape index (κ1) is 15.8. The highest BCUT2D eigenvalue weighted by Gasteiger charge is 2.26. The highest BCUT2D eigenvalue weighted by Crippen LogP contribution is 2.09. The maximum Gasteiger partial charge on any atom is 0.328 e. The molecular weight excluding hydrogens is 282 g/mol. The van der Waals surface area contributed by atoms with E-state index in [4.69, 9.17) is 4.74 Å². The van der Waals surface area contributed by atoms with Crippen LogP contribution >= 0.6 is 0 Å². The predicted molar refractivity (Wildman–Crippen MR) is 81.7 cm³/mol. The zero-order chi connectivity index (χ0) is 16.1. The number of rotatable bonds is 5. The van der Waals surface area contributed by atoms with Crippen molar-refractivity contribution in [2.45, 2.75) is 19.9 Å². The van der Waals surface area contributed by atoms with Crippen molar-refractivity contribution in [3.8, 4) is 5.69 Å². The van der Waals surface area contributed by atoms with Gasteiger partial charge in [0.05, 0.1) is 12.8 Å². The van der Waals surface area contributed by atoms with Crippen molar-refractivity contribution in [3.05, 3.63) is 48.3 Å². The molecule has 0 radical (unpaired) electrons. The summed E-state index contributed by atoms with van der Waals surface area (Å²) in [6.07, 6.45) is 1.70. The first-order chi connectivity index (χ1) is 10.5. The number of hydrogen-bond acceptors (Lipinski definition) is 4. The maximum absolute atomic E-state index is 12.2. The minimum absolute atomic E-state index is 0.0763. The van der Waals surface area contributed by atoms with Crippen molar-refractivity contribution < 1.29 is 14.3 Å². The number of aromatic nitrogens is 2. The number of amides is 1. The molecule has 6 heteroatoms. The number of benzene rings is 1. The van der Waals surface area contributed by atoms with Crippen LogP contribution in [0, 0.1) is 5.92 Å². The lowest BCUT2D eigenvalue weighted by atomic mass is 10.0. The molecule has 0 aliphatic carbocycles. The summed E-state index contributed by atoms with van der Waals surface area (Å²) >= 11 is 0. The molecular formula is C16H19N3O3. The number of hydrogen-bond donors (Lipinski definition) is 1. The lowest BCUT2D eigenvalue weighted by Crippen LogP contribution is -2.45. The number of carbonyl (C=O) groups excluding carboxylic acids is 2. The van der Waals surface area contributed by atoms with E-state index in [1.54, 1.807) is 16.9 Å². The molecule has 1 aromatic heterocycles. The Hall–Kier alpha value is -2.63. The average Bonchev–Trinajstić information content (AvgIpc) is 3.02. The van der Waals surface area contributed by atoms with Crippen LogP contribution in [0.3, 0.4) is 0 Å². The fourth-order valence-corrected chi connectivity index (χ4v) is 2.01. The molecule has 1 aromatic carbocycles. The van der Waals surface area contributed by atoms with E-state index in [0.29, 0.717) is 0 Å². The summed E-state index contributed by atoms with van der Waals surface area (Å²) in [4.78, 5) is 23.9. The number of ether oxygens (including phenoxy) is 1. The molecule has 1 N–H and O–H groups in total. The highest BCUT2D eigenvalue weighted by molar-refractivity contribution is 5.95. The van der Waals surface area contributed by atoms with Gasteiger partial charge in [-0.1, -0.05) is 32.0 Å². The molecule has 22 heavy (non-hydrogen) atoms. The average molecular weight is 301 g/mol. The van der Waals surface area contributed by atoms with E-state index in [-0.39, 0.29) is 11.6 Å². The molecule has 1 heterocycles. The van der Waals surface area contributed by atoms with Gasteiger partial charge in [0.15, 0.2) is 5.69 Å². The van der Waals surface area contributed by atoms with Gasteiger partial charge in [0, 0.05) is 6.20 Å². The Morgan fingerprint density at radius 1 is 1.18 bits per heavy atom. The second-order valence-electron chi connectivity index (χ2n) is 5.20. The molecule has 6 nitrogen and oxygen atoms in total. The zero-order valence-corrected chi connectivity index (χ0v) is 12.8. The second kappa shape index (κ2) is 6.89. The largest absolute Gasteiger partial charge is 0.467 e. The molecule has 116 valence electrons. The lowest BCUT2D eigenvalue weighted by molar-refractivity contribution is -0.144. The van der Waals surface area contributed by atoms with Crippen LogP contribution in [0.5, 0.6) is 0 Å².